The zero-order valence-corrected chi connectivity index (χ0v) is 14.3. The normalized spacial score (nSPS) is 16.8. The fourth-order valence-corrected chi connectivity index (χ4v) is 2.75. The summed E-state index contributed by atoms with van der Waals surface area (Å²) in [5, 5.41) is 0. The van der Waals surface area contributed by atoms with Crippen LogP contribution < -0.4 is 0 Å². The van der Waals surface area contributed by atoms with Gasteiger partial charge in [0.1, 0.15) is 6.10 Å². The summed E-state index contributed by atoms with van der Waals surface area (Å²) >= 11 is 0. The van der Waals surface area contributed by atoms with Gasteiger partial charge in [-0.3, -0.25) is 4.79 Å². The van der Waals surface area contributed by atoms with Crippen LogP contribution in [0.3, 0.4) is 0 Å². The maximum Gasteiger partial charge on any atom is 0.192 e. The molecule has 0 N–H and O–H groups in total. The Kier molecular flexibility index (Phi) is 9.37. The number of benzene rings is 1. The number of piperidine rings is 1. The second-order valence-corrected chi connectivity index (χ2v) is 5.80. The van der Waals surface area contributed by atoms with E-state index >= 15 is 0 Å². The highest BCUT2D eigenvalue weighted by atomic mass is 35.5. The Morgan fingerprint density at radius 3 is 2.50 bits per heavy atom. The van der Waals surface area contributed by atoms with Crippen molar-refractivity contribution in [2.75, 3.05) is 26.2 Å². The molecule has 4 heteroatoms. The molecule has 0 bridgehead atoms. The summed E-state index contributed by atoms with van der Waals surface area (Å²) in [6.07, 6.45) is 5.57. The fraction of sp³-hybridized carbons (Fsp3) is 0.611. The molecule has 1 aromatic carbocycles. The van der Waals surface area contributed by atoms with Crippen LogP contribution in [-0.2, 0) is 4.74 Å². The molecular weight excluding hydrogens is 298 g/mol. The molecule has 0 aliphatic carbocycles. The summed E-state index contributed by atoms with van der Waals surface area (Å²) in [5.74, 6) is 0.122. The Balaban J connectivity index is 0.00000242. The van der Waals surface area contributed by atoms with E-state index in [1.54, 1.807) is 0 Å². The number of ketones is 1. The second kappa shape index (κ2) is 10.8. The number of rotatable bonds is 8. The number of ether oxygens (including phenoxy) is 1. The van der Waals surface area contributed by atoms with Gasteiger partial charge in [0.25, 0.3) is 0 Å². The second-order valence-electron chi connectivity index (χ2n) is 5.80. The molecule has 1 atom stereocenters. The monoisotopic (exact) mass is 325 g/mol. The molecule has 1 unspecified atom stereocenters. The van der Waals surface area contributed by atoms with Crippen LogP contribution in [0.15, 0.2) is 30.3 Å². The minimum Gasteiger partial charge on any atom is -0.369 e. The molecule has 0 aromatic heterocycles. The van der Waals surface area contributed by atoms with E-state index in [4.69, 9.17) is 4.74 Å². The van der Waals surface area contributed by atoms with Crippen LogP contribution in [0, 0.1) is 0 Å². The van der Waals surface area contributed by atoms with E-state index in [2.05, 4.69) is 11.8 Å². The number of hydrogen-bond acceptors (Lipinski definition) is 3. The largest absolute Gasteiger partial charge is 0.369 e. The van der Waals surface area contributed by atoms with Gasteiger partial charge in [-0.1, -0.05) is 50.1 Å². The first-order valence-electron chi connectivity index (χ1n) is 8.24. The van der Waals surface area contributed by atoms with Crippen molar-refractivity contribution in [3.63, 3.8) is 0 Å². The molecule has 2 rings (SSSR count). The lowest BCUT2D eigenvalue weighted by molar-refractivity contribution is 0.0214. The van der Waals surface area contributed by atoms with Gasteiger partial charge in [0.2, 0.25) is 0 Å². The smallest absolute Gasteiger partial charge is 0.192 e. The van der Waals surface area contributed by atoms with Gasteiger partial charge in [-0.15, -0.1) is 12.4 Å². The minimum atomic E-state index is -0.322. The van der Waals surface area contributed by atoms with E-state index < -0.39 is 0 Å². The van der Waals surface area contributed by atoms with E-state index in [0.29, 0.717) is 6.61 Å². The molecule has 0 amide bonds. The van der Waals surface area contributed by atoms with Crippen molar-refractivity contribution in [1.29, 1.82) is 0 Å². The molecule has 22 heavy (non-hydrogen) atoms. The lowest BCUT2D eigenvalue weighted by atomic mass is 10.0. The predicted octanol–water partition coefficient (Wildman–Crippen LogP) is 3.96. The maximum atomic E-state index is 12.7. The van der Waals surface area contributed by atoms with Crippen molar-refractivity contribution >= 4 is 18.2 Å². The van der Waals surface area contributed by atoms with E-state index in [-0.39, 0.29) is 24.3 Å². The number of likely N-dealkylation sites (tertiary alicyclic amines) is 1. The first-order chi connectivity index (χ1) is 10.3. The zero-order valence-electron chi connectivity index (χ0n) is 13.5. The average Bonchev–Trinajstić information content (AvgIpc) is 2.55. The average molecular weight is 326 g/mol. The van der Waals surface area contributed by atoms with Gasteiger partial charge in [-0.05, 0) is 32.4 Å². The third-order valence-corrected chi connectivity index (χ3v) is 4.04. The van der Waals surface area contributed by atoms with Crippen LogP contribution in [0.2, 0.25) is 0 Å². The maximum absolute atomic E-state index is 12.7. The highest BCUT2D eigenvalue weighted by Gasteiger charge is 2.24. The van der Waals surface area contributed by atoms with Crippen molar-refractivity contribution in [2.24, 2.45) is 0 Å². The van der Waals surface area contributed by atoms with Crippen LogP contribution >= 0.6 is 12.4 Å². The molecule has 1 heterocycles. The van der Waals surface area contributed by atoms with Gasteiger partial charge < -0.3 is 9.64 Å². The Bertz CT molecular complexity index is 418. The first-order valence-corrected chi connectivity index (χ1v) is 8.24. The van der Waals surface area contributed by atoms with E-state index in [1.165, 1.54) is 19.3 Å². The number of halogens is 1. The Hall–Kier alpha value is -0.900. The number of hydrogen-bond donors (Lipinski definition) is 0. The van der Waals surface area contributed by atoms with Gasteiger partial charge in [0.05, 0.1) is 0 Å². The molecule has 124 valence electrons. The van der Waals surface area contributed by atoms with Crippen LogP contribution in [-0.4, -0.2) is 43.0 Å². The molecule has 1 aromatic rings. The van der Waals surface area contributed by atoms with Crippen LogP contribution in [0.25, 0.3) is 0 Å². The van der Waals surface area contributed by atoms with Crippen molar-refractivity contribution in [2.45, 2.75) is 45.1 Å². The zero-order chi connectivity index (χ0) is 14.9. The lowest BCUT2D eigenvalue weighted by Crippen LogP contribution is -2.41. The van der Waals surface area contributed by atoms with Crippen LogP contribution in [0.5, 0.6) is 0 Å². The molecule has 0 radical (unpaired) electrons. The molecular formula is C18H28ClNO2. The van der Waals surface area contributed by atoms with Crippen molar-refractivity contribution in [1.82, 2.24) is 4.90 Å². The van der Waals surface area contributed by atoms with Gasteiger partial charge in [0.15, 0.2) is 5.78 Å². The summed E-state index contributed by atoms with van der Waals surface area (Å²) in [7, 11) is 0. The fourth-order valence-electron chi connectivity index (χ4n) is 2.75. The van der Waals surface area contributed by atoms with Crippen molar-refractivity contribution < 1.29 is 9.53 Å². The molecule has 0 spiro atoms. The molecule has 0 saturated carbocycles. The van der Waals surface area contributed by atoms with Crippen molar-refractivity contribution in [3.05, 3.63) is 35.9 Å². The van der Waals surface area contributed by atoms with E-state index in [0.717, 1.165) is 38.0 Å². The van der Waals surface area contributed by atoms with Crippen LogP contribution in [0.1, 0.15) is 49.4 Å². The SMILES string of the molecule is CCCCOC(CN1CCCCC1)C(=O)c1ccccc1.Cl. The molecule has 3 nitrogen and oxygen atoms in total. The Morgan fingerprint density at radius 1 is 1.18 bits per heavy atom. The summed E-state index contributed by atoms with van der Waals surface area (Å²) < 4.78 is 5.91. The van der Waals surface area contributed by atoms with Gasteiger partial charge in [-0.25, -0.2) is 0 Å². The molecule has 1 aliphatic heterocycles. The highest BCUT2D eigenvalue weighted by Crippen LogP contribution is 2.13. The highest BCUT2D eigenvalue weighted by molar-refractivity contribution is 5.99. The molecule has 1 saturated heterocycles. The Labute approximate surface area is 140 Å². The van der Waals surface area contributed by atoms with Gasteiger partial charge >= 0.3 is 0 Å². The number of nitrogens with zero attached hydrogens (tertiary/aromatic N) is 1. The lowest BCUT2D eigenvalue weighted by Gasteiger charge is -2.30. The van der Waals surface area contributed by atoms with Crippen LogP contribution in [0.4, 0.5) is 0 Å². The molecule has 1 aliphatic rings. The molecule has 1 fully saturated rings. The summed E-state index contributed by atoms with van der Waals surface area (Å²) in [5.41, 5.74) is 0.760. The number of carbonyl (C=O) groups excluding carboxylic acids is 1. The standard InChI is InChI=1S/C18H27NO2.ClH/c1-2-3-14-21-17(15-19-12-8-5-9-13-19)18(20)16-10-6-4-7-11-16;/h4,6-7,10-11,17H,2-3,5,8-9,12-15H2,1H3;1H. The summed E-state index contributed by atoms with van der Waals surface area (Å²) in [6, 6.07) is 9.53. The number of carbonyl (C=O) groups is 1. The summed E-state index contributed by atoms with van der Waals surface area (Å²) in [6.45, 7) is 5.73. The van der Waals surface area contributed by atoms with Gasteiger partial charge in [-0.2, -0.15) is 0 Å². The van der Waals surface area contributed by atoms with Gasteiger partial charge in [0, 0.05) is 18.7 Å². The third kappa shape index (κ3) is 6.07. The minimum absolute atomic E-state index is 0. The quantitative estimate of drug-likeness (QED) is 0.535. The van der Waals surface area contributed by atoms with Crippen molar-refractivity contribution in [3.8, 4) is 0 Å². The topological polar surface area (TPSA) is 29.5 Å². The predicted molar refractivity (Wildman–Crippen MR) is 93.0 cm³/mol. The number of unbranched alkanes of at least 4 members (excludes halogenated alkanes) is 1. The first kappa shape index (κ1) is 19.1. The number of Topliss-reactive ketones (excluding diaryl/α,β-unsaturated/α-hetero) is 1. The third-order valence-electron chi connectivity index (χ3n) is 4.04. The van der Waals surface area contributed by atoms with E-state index in [1.807, 2.05) is 30.3 Å². The Morgan fingerprint density at radius 2 is 1.86 bits per heavy atom. The summed E-state index contributed by atoms with van der Waals surface area (Å²) in [4.78, 5) is 15.0. The van der Waals surface area contributed by atoms with E-state index in [9.17, 15) is 4.79 Å².